The molecular weight excluding hydrogens is 1030 g/mol. The highest BCUT2D eigenvalue weighted by Gasteiger charge is 2.50. The summed E-state index contributed by atoms with van der Waals surface area (Å²) in [4.78, 5) is 122. The fraction of sp³-hybridized carbons (Fsp3) is 0.500. The van der Waals surface area contributed by atoms with Gasteiger partial charge in [-0.3, -0.25) is 52.7 Å². The molecule has 7 atom stereocenters. The summed E-state index contributed by atoms with van der Waals surface area (Å²) in [6.45, 7) is 9.14. The van der Waals surface area contributed by atoms with E-state index in [-0.39, 0.29) is 91.4 Å². The van der Waals surface area contributed by atoms with E-state index >= 15 is 4.79 Å². The van der Waals surface area contributed by atoms with Gasteiger partial charge in [0, 0.05) is 62.9 Å². The number of aromatic nitrogens is 2. The quantitative estimate of drug-likeness (QED) is 0.0937. The number of ether oxygens (including phenoxy) is 2. The molecule has 5 fully saturated rings. The number of halogens is 1. The number of thiophene rings is 1. The highest BCUT2D eigenvalue weighted by Crippen LogP contribution is 2.53. The van der Waals surface area contributed by atoms with E-state index in [0.717, 1.165) is 48.4 Å². The predicted octanol–water partition coefficient (Wildman–Crippen LogP) is 4.53. The molecule has 3 aromatic carbocycles. The van der Waals surface area contributed by atoms with Crippen LogP contribution in [0.1, 0.15) is 97.3 Å². The molecule has 10 rings (SSSR count). The first-order valence-corrected chi connectivity index (χ1v) is 28.5. The number of morpholine rings is 1. The summed E-state index contributed by atoms with van der Waals surface area (Å²) >= 11 is 1.07. The van der Waals surface area contributed by atoms with Crippen molar-refractivity contribution in [3.63, 3.8) is 0 Å². The molecule has 1 unspecified atom stereocenters. The van der Waals surface area contributed by atoms with Crippen molar-refractivity contribution < 1.29 is 57.0 Å². The van der Waals surface area contributed by atoms with Gasteiger partial charge in [0.15, 0.2) is 0 Å². The molecule has 410 valence electrons. The third-order valence-electron chi connectivity index (χ3n) is 16.0. The normalized spacial score (nSPS) is 24.3. The van der Waals surface area contributed by atoms with Crippen LogP contribution in [0.25, 0.3) is 21.1 Å². The number of nitrogens with one attached hydrogen (secondary N) is 2. The van der Waals surface area contributed by atoms with Gasteiger partial charge in [-0.2, -0.15) is 0 Å². The van der Waals surface area contributed by atoms with Crippen LogP contribution in [0.2, 0.25) is 0 Å². The van der Waals surface area contributed by atoms with Gasteiger partial charge in [0.05, 0.1) is 35.2 Å². The van der Waals surface area contributed by atoms with Crippen LogP contribution in [-0.2, 0) is 51.6 Å². The van der Waals surface area contributed by atoms with E-state index in [1.54, 1.807) is 32.7 Å². The minimum Gasteiger partial charge on any atom is -0.370 e. The lowest BCUT2D eigenvalue weighted by Crippen LogP contribution is -2.60. The van der Waals surface area contributed by atoms with Crippen molar-refractivity contribution in [2.45, 2.75) is 95.7 Å². The second-order valence-electron chi connectivity index (χ2n) is 22.3. The summed E-state index contributed by atoms with van der Waals surface area (Å²) in [7, 11) is -3.41. The van der Waals surface area contributed by atoms with E-state index in [4.69, 9.17) is 9.47 Å². The number of likely N-dealkylation sites (tertiary alicyclic amines) is 3. The van der Waals surface area contributed by atoms with Crippen molar-refractivity contribution in [1.82, 2.24) is 39.4 Å². The van der Waals surface area contributed by atoms with Gasteiger partial charge < -0.3 is 39.3 Å². The van der Waals surface area contributed by atoms with Gasteiger partial charge in [0.25, 0.3) is 5.91 Å². The highest BCUT2D eigenvalue weighted by atomic mass is 32.1. The van der Waals surface area contributed by atoms with E-state index in [1.807, 2.05) is 53.4 Å². The molecule has 4 N–H and O–H groups in total. The van der Waals surface area contributed by atoms with Crippen LogP contribution >= 0.6 is 18.9 Å². The zero-order valence-corrected chi connectivity index (χ0v) is 45.1. The summed E-state index contributed by atoms with van der Waals surface area (Å²) in [6.07, 6.45) is 1.05. The Kier molecular flexibility index (Phi) is 15.0. The second-order valence-corrected chi connectivity index (χ2v) is 25.0. The summed E-state index contributed by atoms with van der Waals surface area (Å²) in [5.41, 5.74) is 1.62. The Morgan fingerprint density at radius 3 is 2.44 bits per heavy atom. The zero-order valence-electron chi connectivity index (χ0n) is 43.4. The van der Waals surface area contributed by atoms with Crippen LogP contribution in [-0.4, -0.2) is 151 Å². The molecule has 5 aromatic rings. The van der Waals surface area contributed by atoms with Crippen molar-refractivity contribution in [2.24, 2.45) is 17.9 Å². The predicted molar refractivity (Wildman–Crippen MR) is 282 cm³/mol. The zero-order chi connectivity index (χ0) is 54.7. The summed E-state index contributed by atoms with van der Waals surface area (Å²) < 4.78 is 42.4. The number of benzene rings is 3. The molecule has 0 saturated carbocycles. The Morgan fingerprint density at radius 2 is 1.70 bits per heavy atom. The molecular formula is C54H64FN8O12PS. The van der Waals surface area contributed by atoms with Gasteiger partial charge >= 0.3 is 13.3 Å². The van der Waals surface area contributed by atoms with Crippen LogP contribution in [0.5, 0.6) is 0 Å². The number of imide groups is 1. The average Bonchev–Trinajstić information content (AvgIpc) is 4.31. The molecule has 20 nitrogen and oxygen atoms in total. The Hall–Kier alpha value is -6.13. The Balaban J connectivity index is 0.816. The molecule has 1 spiro atoms. The van der Waals surface area contributed by atoms with Gasteiger partial charge in [-0.1, -0.05) is 63.2 Å². The smallest absolute Gasteiger partial charge is 0.363 e. The van der Waals surface area contributed by atoms with E-state index in [9.17, 15) is 47.5 Å². The van der Waals surface area contributed by atoms with Crippen molar-refractivity contribution in [3.8, 4) is 0 Å². The fourth-order valence-corrected chi connectivity index (χ4v) is 13.3. The third-order valence-corrected chi connectivity index (χ3v) is 18.0. The van der Waals surface area contributed by atoms with Crippen LogP contribution < -0.4 is 16.3 Å². The number of amides is 6. The van der Waals surface area contributed by atoms with E-state index in [1.165, 1.54) is 38.3 Å². The van der Waals surface area contributed by atoms with E-state index < -0.39 is 67.0 Å². The van der Waals surface area contributed by atoms with Gasteiger partial charge in [-0.05, 0) is 90.1 Å². The standard InChI is InChI=1S/C54H64FN8O12PS/c1-53(2,3)46(57-49(67)42-26-35-25-34(11-14-41(35)77-42)47(55)76(71,72)73)51(69)62-19-16-39(45(62)50(68)60-22-23-74-40(28-60)33-8-6-5-7-9-33)75-29-44(65)61-21-18-54(31-61)17-20-59(30-54)27-32-10-12-36-38(24-32)58(4)52(70)63(36)37-13-15-43(64)56-48(37)66/h5-12,14,24-26,37,39-40,45-47H,13,15-23,27-31H2,1-4H3,(H,57,67)(H,56,64,66)(H2,71,72,73)/t37?,39-,40+,45+,46-,47+,54+/m1/s1. The number of rotatable bonds is 13. The first-order chi connectivity index (χ1) is 36.6. The molecule has 0 radical (unpaired) electrons. The van der Waals surface area contributed by atoms with Crippen molar-refractivity contribution in [1.29, 1.82) is 0 Å². The van der Waals surface area contributed by atoms with Gasteiger partial charge in [0.1, 0.15) is 30.8 Å². The molecule has 23 heteroatoms. The number of aryl methyl sites for hydroxylation is 1. The third kappa shape index (κ3) is 11.0. The molecule has 7 heterocycles. The monoisotopic (exact) mass is 1100 g/mol. The maximum Gasteiger partial charge on any atom is 0.363 e. The Bertz CT molecular complexity index is 3260. The van der Waals surface area contributed by atoms with Crippen LogP contribution in [0, 0.1) is 10.8 Å². The number of fused-ring (bicyclic) bond motifs is 2. The first kappa shape index (κ1) is 54.2. The number of piperidine rings is 1. The maximum absolute atomic E-state index is 15.0. The maximum atomic E-state index is 15.0. The van der Waals surface area contributed by atoms with Gasteiger partial charge in [-0.15, -0.1) is 11.3 Å². The number of imidazole rings is 1. The summed E-state index contributed by atoms with van der Waals surface area (Å²) in [5, 5.41) is 5.65. The van der Waals surface area contributed by atoms with Gasteiger partial charge in [-0.25, -0.2) is 9.18 Å². The number of carbonyl (C=O) groups excluding carboxylic acids is 6. The van der Waals surface area contributed by atoms with E-state index in [2.05, 4.69) is 15.5 Å². The lowest BCUT2D eigenvalue weighted by Gasteiger charge is -2.39. The fourth-order valence-electron chi connectivity index (χ4n) is 11.8. The first-order valence-electron chi connectivity index (χ1n) is 26.0. The highest BCUT2D eigenvalue weighted by molar-refractivity contribution is 7.51. The topological polar surface area (TPSA) is 242 Å². The molecule has 5 aliphatic rings. The summed E-state index contributed by atoms with van der Waals surface area (Å²) in [6, 6.07) is 17.8. The SMILES string of the molecule is Cn1c(=O)n(C2CCC(=O)NC2=O)c2ccc(CN3CC[C@]4(CCN(C(=O)CO[C@@H]5CCN(C(=O)[C@@H](NC(=O)c6cc7cc([C@@H](F)P(=O)(O)O)ccc7s6)C(C)(C)C)[C@@H]5C(=O)N5CCO[C@H](c6ccccc6)C5)C4)C3)cc21. The minimum atomic E-state index is -5.08. The van der Waals surface area contributed by atoms with Crippen molar-refractivity contribution in [2.75, 3.05) is 59.0 Å². The lowest BCUT2D eigenvalue weighted by molar-refractivity contribution is -0.156. The molecule has 6 amide bonds. The molecule has 0 bridgehead atoms. The Morgan fingerprint density at radius 1 is 0.935 bits per heavy atom. The lowest BCUT2D eigenvalue weighted by atomic mass is 9.85. The van der Waals surface area contributed by atoms with Crippen molar-refractivity contribution >= 4 is 75.5 Å². The van der Waals surface area contributed by atoms with Crippen LogP contribution in [0.3, 0.4) is 0 Å². The van der Waals surface area contributed by atoms with Crippen LogP contribution in [0.4, 0.5) is 4.39 Å². The number of hydrogen-bond donors (Lipinski definition) is 4. The molecule has 77 heavy (non-hydrogen) atoms. The average molecular weight is 1100 g/mol. The van der Waals surface area contributed by atoms with Crippen molar-refractivity contribution in [3.05, 3.63) is 105 Å². The van der Waals surface area contributed by atoms with E-state index in [0.29, 0.717) is 40.8 Å². The number of carbonyl (C=O) groups is 6. The number of hydrogen-bond acceptors (Lipinski definition) is 12. The van der Waals surface area contributed by atoms with Crippen LogP contribution in [0.15, 0.2) is 77.6 Å². The minimum absolute atomic E-state index is 0.107. The molecule has 0 aliphatic carbocycles. The Labute approximate surface area is 447 Å². The molecule has 2 aromatic heterocycles. The number of alkyl halides is 1. The number of nitrogens with zero attached hydrogens (tertiary/aromatic N) is 6. The largest absolute Gasteiger partial charge is 0.370 e. The molecule has 5 saturated heterocycles. The molecule has 5 aliphatic heterocycles. The summed E-state index contributed by atoms with van der Waals surface area (Å²) in [5.74, 6) is -5.07. The van der Waals surface area contributed by atoms with Gasteiger partial charge in [0.2, 0.25) is 35.4 Å². The second kappa shape index (κ2) is 21.3.